The Morgan fingerprint density at radius 3 is 2.73 bits per heavy atom. The van der Waals surface area contributed by atoms with Gasteiger partial charge in [0.25, 0.3) is 0 Å². The zero-order valence-corrected chi connectivity index (χ0v) is 16.0. The molecule has 0 saturated heterocycles. The number of rotatable bonds is 6. The molecule has 1 heterocycles. The molecule has 1 aromatic rings. The maximum atomic E-state index is 12.1. The molecule has 3 saturated carbocycles. The molecule has 3 atom stereocenters. The van der Waals surface area contributed by atoms with Crippen LogP contribution in [-0.4, -0.2) is 34.6 Å². The summed E-state index contributed by atoms with van der Waals surface area (Å²) in [6.07, 6.45) is 6.81. The zero-order chi connectivity index (χ0) is 18.3. The van der Waals surface area contributed by atoms with Crippen molar-refractivity contribution in [3.63, 3.8) is 0 Å². The van der Waals surface area contributed by atoms with E-state index in [1.165, 1.54) is 19.3 Å². The molecule has 1 unspecified atom stereocenters. The summed E-state index contributed by atoms with van der Waals surface area (Å²) in [7, 11) is 0. The third-order valence-electron chi connectivity index (χ3n) is 6.39. The lowest BCUT2D eigenvalue weighted by atomic mass is 9.82. The molecule has 1 aromatic heterocycles. The highest BCUT2D eigenvalue weighted by atomic mass is 16.5. The smallest absolute Gasteiger partial charge is 0.223 e. The van der Waals surface area contributed by atoms with Crippen LogP contribution in [0.4, 0.5) is 5.82 Å². The number of nitrogens with one attached hydrogen (secondary N) is 2. The van der Waals surface area contributed by atoms with Crippen molar-refractivity contribution in [2.45, 2.75) is 71.4 Å². The van der Waals surface area contributed by atoms with E-state index >= 15 is 0 Å². The van der Waals surface area contributed by atoms with Gasteiger partial charge in [0.2, 0.25) is 11.8 Å². The Morgan fingerprint density at radius 1 is 1.35 bits per heavy atom. The second-order valence-corrected chi connectivity index (χ2v) is 8.44. The molecule has 1 amide bonds. The van der Waals surface area contributed by atoms with Crippen molar-refractivity contribution < 1.29 is 9.53 Å². The topological polar surface area (TPSA) is 76.1 Å². The Bertz CT molecular complexity index is 684. The van der Waals surface area contributed by atoms with Crippen molar-refractivity contribution in [3.05, 3.63) is 11.9 Å². The third-order valence-corrected chi connectivity index (χ3v) is 6.39. The minimum Gasteiger partial charge on any atom is -0.478 e. The minimum atomic E-state index is 0.279. The normalized spacial score (nSPS) is 35.0. The molecule has 6 heteroatoms. The van der Waals surface area contributed by atoms with E-state index in [-0.39, 0.29) is 11.8 Å². The summed E-state index contributed by atoms with van der Waals surface area (Å²) >= 11 is 0. The Labute approximate surface area is 155 Å². The predicted octanol–water partition coefficient (Wildman–Crippen LogP) is 3.07. The molecule has 2 N–H and O–H groups in total. The molecule has 142 valence electrons. The van der Waals surface area contributed by atoms with Crippen LogP contribution < -0.4 is 15.4 Å². The van der Waals surface area contributed by atoms with Crippen LogP contribution in [0, 0.1) is 24.2 Å². The largest absolute Gasteiger partial charge is 0.478 e. The number of carbonyl (C=O) groups is 1. The molecule has 0 bridgehead atoms. The third kappa shape index (κ3) is 3.64. The number of amides is 1. The van der Waals surface area contributed by atoms with Gasteiger partial charge in [-0.1, -0.05) is 6.92 Å². The number of carbonyl (C=O) groups excluding carboxylic acids is 1. The van der Waals surface area contributed by atoms with Crippen LogP contribution in [0.1, 0.15) is 58.2 Å². The van der Waals surface area contributed by atoms with Crippen molar-refractivity contribution in [1.29, 1.82) is 0 Å². The van der Waals surface area contributed by atoms with Crippen molar-refractivity contribution in [2.24, 2.45) is 17.3 Å². The van der Waals surface area contributed by atoms with E-state index < -0.39 is 0 Å². The molecule has 4 rings (SSSR count). The summed E-state index contributed by atoms with van der Waals surface area (Å²) in [5.41, 5.74) is 0.388. The van der Waals surface area contributed by atoms with E-state index in [0.717, 1.165) is 30.9 Å². The summed E-state index contributed by atoms with van der Waals surface area (Å²) in [6, 6.07) is 2.74. The van der Waals surface area contributed by atoms with Crippen LogP contribution in [0.15, 0.2) is 6.07 Å². The van der Waals surface area contributed by atoms with Gasteiger partial charge in [-0.05, 0) is 63.7 Å². The first-order chi connectivity index (χ1) is 12.5. The quantitative estimate of drug-likeness (QED) is 0.817. The van der Waals surface area contributed by atoms with Crippen molar-refractivity contribution in [1.82, 2.24) is 15.3 Å². The fourth-order valence-electron chi connectivity index (χ4n) is 4.45. The molecule has 0 aliphatic heterocycles. The lowest BCUT2D eigenvalue weighted by Crippen LogP contribution is -2.39. The van der Waals surface area contributed by atoms with E-state index in [9.17, 15) is 4.79 Å². The average Bonchev–Trinajstić information content (AvgIpc) is 3.48. The fraction of sp³-hybridized carbons (Fsp3) is 0.750. The van der Waals surface area contributed by atoms with Crippen molar-refractivity contribution >= 4 is 11.7 Å². The number of ether oxygens (including phenoxy) is 1. The van der Waals surface area contributed by atoms with Crippen LogP contribution in [0.2, 0.25) is 0 Å². The van der Waals surface area contributed by atoms with Gasteiger partial charge in [-0.25, -0.2) is 4.98 Å². The summed E-state index contributed by atoms with van der Waals surface area (Å²) in [4.78, 5) is 20.9. The maximum Gasteiger partial charge on any atom is 0.223 e. The number of hydrogen-bond acceptors (Lipinski definition) is 5. The van der Waals surface area contributed by atoms with Gasteiger partial charge in [0.15, 0.2) is 0 Å². The molecular formula is C20H30N4O2. The zero-order valence-electron chi connectivity index (χ0n) is 16.0. The molecule has 3 aliphatic rings. The highest BCUT2D eigenvalue weighted by Gasteiger charge is 2.55. The number of anilines is 1. The number of aryl methyl sites for hydroxylation is 1. The molecule has 3 fully saturated rings. The van der Waals surface area contributed by atoms with Crippen LogP contribution in [-0.2, 0) is 4.79 Å². The first-order valence-corrected chi connectivity index (χ1v) is 10.0. The van der Waals surface area contributed by atoms with Crippen molar-refractivity contribution in [2.75, 3.05) is 11.9 Å². The van der Waals surface area contributed by atoms with E-state index in [1.807, 2.05) is 19.9 Å². The fourth-order valence-corrected chi connectivity index (χ4v) is 4.45. The van der Waals surface area contributed by atoms with Crippen LogP contribution in [0.5, 0.6) is 5.88 Å². The van der Waals surface area contributed by atoms with Crippen LogP contribution in [0.3, 0.4) is 0 Å². The summed E-state index contributed by atoms with van der Waals surface area (Å²) in [5.74, 6) is 3.37. The first kappa shape index (κ1) is 17.6. The maximum absolute atomic E-state index is 12.1. The Kier molecular flexibility index (Phi) is 4.53. The molecule has 1 spiro atoms. The van der Waals surface area contributed by atoms with Gasteiger partial charge in [0.1, 0.15) is 11.6 Å². The van der Waals surface area contributed by atoms with E-state index in [0.29, 0.717) is 35.9 Å². The Balaban J connectivity index is 1.28. The van der Waals surface area contributed by atoms with Gasteiger partial charge in [-0.2, -0.15) is 4.98 Å². The van der Waals surface area contributed by atoms with Crippen molar-refractivity contribution in [3.8, 4) is 5.88 Å². The van der Waals surface area contributed by atoms with Crippen LogP contribution >= 0.6 is 0 Å². The van der Waals surface area contributed by atoms with Gasteiger partial charge < -0.3 is 15.4 Å². The standard InChI is InChI=1S/C20H30N4O2/c1-4-26-18-10-17(21-13(3)22-18)24-16-11-20(16)7-5-14(6-8-20)23-19(25)15-9-12(15)2/h10,12,14-16H,4-9,11H2,1-3H3,(H,23,25)(H,21,22,24)/t12-,14?,15-,16?,20?/m0/s1. The molecule has 26 heavy (non-hydrogen) atoms. The van der Waals surface area contributed by atoms with Gasteiger partial charge in [0.05, 0.1) is 6.61 Å². The molecule has 6 nitrogen and oxygen atoms in total. The van der Waals surface area contributed by atoms with Gasteiger partial charge in [-0.15, -0.1) is 0 Å². The van der Waals surface area contributed by atoms with Gasteiger partial charge >= 0.3 is 0 Å². The van der Waals surface area contributed by atoms with E-state index in [1.54, 1.807) is 0 Å². The van der Waals surface area contributed by atoms with Crippen LogP contribution in [0.25, 0.3) is 0 Å². The summed E-state index contributed by atoms with van der Waals surface area (Å²) in [5, 5.41) is 6.86. The van der Waals surface area contributed by atoms with Gasteiger partial charge in [0, 0.05) is 24.1 Å². The monoisotopic (exact) mass is 358 g/mol. The summed E-state index contributed by atoms with van der Waals surface area (Å²) < 4.78 is 5.52. The molecule has 0 radical (unpaired) electrons. The number of nitrogens with zero attached hydrogens (tertiary/aromatic N) is 2. The number of hydrogen-bond donors (Lipinski definition) is 2. The predicted molar refractivity (Wildman–Crippen MR) is 100 cm³/mol. The molecule has 0 aromatic carbocycles. The second kappa shape index (κ2) is 6.71. The lowest BCUT2D eigenvalue weighted by molar-refractivity contribution is -0.123. The first-order valence-electron chi connectivity index (χ1n) is 10.0. The Hall–Kier alpha value is -1.85. The average molecular weight is 358 g/mol. The van der Waals surface area contributed by atoms with Gasteiger partial charge in [-0.3, -0.25) is 4.79 Å². The van der Waals surface area contributed by atoms with E-state index in [4.69, 9.17) is 4.74 Å². The SMILES string of the molecule is CCOc1cc(NC2CC23CCC(NC(=O)[C@H]2C[C@@H]2C)CC3)nc(C)n1. The lowest BCUT2D eigenvalue weighted by Gasteiger charge is -2.30. The molecular weight excluding hydrogens is 328 g/mol. The Morgan fingerprint density at radius 2 is 2.08 bits per heavy atom. The highest BCUT2D eigenvalue weighted by molar-refractivity contribution is 5.81. The second-order valence-electron chi connectivity index (χ2n) is 8.44. The number of aromatic nitrogens is 2. The van der Waals surface area contributed by atoms with E-state index in [2.05, 4.69) is 27.5 Å². The molecule has 3 aliphatic carbocycles. The summed E-state index contributed by atoms with van der Waals surface area (Å²) in [6.45, 7) is 6.62. The highest BCUT2D eigenvalue weighted by Crippen LogP contribution is 2.57. The minimum absolute atomic E-state index is 0.279.